The van der Waals surface area contributed by atoms with Gasteiger partial charge in [-0.2, -0.15) is 0 Å². The molecule has 2 aliphatic rings. The van der Waals surface area contributed by atoms with Crippen molar-refractivity contribution in [1.29, 1.82) is 0 Å². The molecule has 1 aromatic heterocycles. The zero-order chi connectivity index (χ0) is 17.6. The van der Waals surface area contributed by atoms with E-state index in [9.17, 15) is 4.79 Å². The third kappa shape index (κ3) is 2.96. The molecule has 0 spiro atoms. The second-order valence-electron chi connectivity index (χ2n) is 7.34. The Morgan fingerprint density at radius 3 is 2.68 bits per heavy atom. The van der Waals surface area contributed by atoms with E-state index in [1.54, 1.807) is 16.2 Å². The number of quaternary nitrogens is 1. The van der Waals surface area contributed by atoms with Crippen molar-refractivity contribution in [3.63, 3.8) is 0 Å². The molecule has 1 unspecified atom stereocenters. The number of rotatable bonds is 3. The zero-order valence-electron chi connectivity index (χ0n) is 15.1. The van der Waals surface area contributed by atoms with Crippen LogP contribution < -0.4 is 15.5 Å². The van der Waals surface area contributed by atoms with Crippen molar-refractivity contribution in [3.8, 4) is 0 Å². The fourth-order valence-corrected chi connectivity index (χ4v) is 5.14. The Balaban J connectivity index is 1.62. The molecule has 132 valence electrons. The molecule has 4 nitrogen and oxygen atoms in total. The Morgan fingerprint density at radius 2 is 2.00 bits per heavy atom. The van der Waals surface area contributed by atoms with Gasteiger partial charge < -0.3 is 15.5 Å². The Labute approximate surface area is 153 Å². The molecule has 1 amide bonds. The molecular weight excluding hydrogens is 330 g/mol. The number of amides is 1. The number of thiophene rings is 1. The fraction of sp³-hybridized carbons (Fsp3) is 0.450. The lowest BCUT2D eigenvalue weighted by Gasteiger charge is -2.28. The fourth-order valence-electron chi connectivity index (χ4n) is 3.82. The average molecular weight is 357 g/mol. The molecule has 2 aromatic rings. The Hall–Kier alpha value is -1.85. The highest BCUT2D eigenvalue weighted by atomic mass is 32.1. The molecule has 2 atom stereocenters. The van der Waals surface area contributed by atoms with Gasteiger partial charge in [-0.3, -0.25) is 4.79 Å². The van der Waals surface area contributed by atoms with Crippen LogP contribution in [0.3, 0.4) is 0 Å². The lowest BCUT2D eigenvalue weighted by atomic mass is 9.99. The number of fused-ring (bicyclic) bond motifs is 3. The number of carbonyl (C=O) groups is 1. The van der Waals surface area contributed by atoms with Gasteiger partial charge in [0, 0.05) is 6.42 Å². The molecule has 2 aliphatic heterocycles. The summed E-state index contributed by atoms with van der Waals surface area (Å²) in [6.45, 7) is 8.85. The van der Waals surface area contributed by atoms with Crippen LogP contribution in [0.2, 0.25) is 0 Å². The average Bonchev–Trinajstić information content (AvgIpc) is 2.99. The first-order chi connectivity index (χ1) is 12.1. The number of aryl methyl sites for hydroxylation is 1. The van der Waals surface area contributed by atoms with Gasteiger partial charge in [0.25, 0.3) is 5.91 Å². The van der Waals surface area contributed by atoms with Crippen LogP contribution in [0.25, 0.3) is 0 Å². The molecule has 4 rings (SSSR count). The summed E-state index contributed by atoms with van der Waals surface area (Å²) in [5, 5.41) is 7.75. The van der Waals surface area contributed by atoms with Crippen molar-refractivity contribution in [2.75, 3.05) is 11.9 Å². The van der Waals surface area contributed by atoms with Gasteiger partial charge in [-0.25, -0.2) is 0 Å². The molecule has 0 radical (unpaired) electrons. The number of anilines is 1. The van der Waals surface area contributed by atoms with Gasteiger partial charge in [0.15, 0.2) is 0 Å². The first-order valence-corrected chi connectivity index (χ1v) is 10.0. The van der Waals surface area contributed by atoms with Crippen LogP contribution in [-0.4, -0.2) is 18.5 Å². The Morgan fingerprint density at radius 1 is 1.24 bits per heavy atom. The summed E-state index contributed by atoms with van der Waals surface area (Å²) in [6, 6.07) is 9.13. The smallest absolute Gasteiger partial charge is 0.256 e. The van der Waals surface area contributed by atoms with Crippen LogP contribution >= 0.6 is 11.3 Å². The maximum absolute atomic E-state index is 12.8. The molecule has 0 fully saturated rings. The summed E-state index contributed by atoms with van der Waals surface area (Å²) in [7, 11) is 0. The van der Waals surface area contributed by atoms with Crippen molar-refractivity contribution in [3.05, 3.63) is 51.4 Å². The lowest BCUT2D eigenvalue weighted by molar-refractivity contribution is -0.936. The van der Waals surface area contributed by atoms with E-state index in [1.165, 1.54) is 16.0 Å². The summed E-state index contributed by atoms with van der Waals surface area (Å²) in [6.07, 6.45) is 1.89. The number of hydrogen-bond acceptors (Lipinski definition) is 3. The maximum atomic E-state index is 12.8. The van der Waals surface area contributed by atoms with Gasteiger partial charge in [0.2, 0.25) is 0 Å². The lowest BCUT2D eigenvalue weighted by Crippen LogP contribution is -3.14. The molecule has 0 saturated carbocycles. The van der Waals surface area contributed by atoms with Crippen LogP contribution in [0.1, 0.15) is 58.9 Å². The summed E-state index contributed by atoms with van der Waals surface area (Å²) in [5.74, 6) is 0.0730. The van der Waals surface area contributed by atoms with Crippen LogP contribution in [0.4, 0.5) is 5.00 Å². The van der Waals surface area contributed by atoms with Crippen LogP contribution in [0, 0.1) is 0 Å². The molecule has 3 heterocycles. The van der Waals surface area contributed by atoms with E-state index in [-0.39, 0.29) is 12.1 Å². The number of hydrogen-bond donors (Lipinski definition) is 3. The predicted molar refractivity (Wildman–Crippen MR) is 102 cm³/mol. The highest BCUT2D eigenvalue weighted by Crippen LogP contribution is 2.39. The molecular formula is C20H26N3OS+. The molecule has 0 saturated heterocycles. The van der Waals surface area contributed by atoms with Crippen molar-refractivity contribution in [1.82, 2.24) is 5.32 Å². The molecule has 0 bridgehead atoms. The number of benzene rings is 1. The minimum atomic E-state index is -0.139. The second kappa shape index (κ2) is 6.46. The van der Waals surface area contributed by atoms with Crippen molar-refractivity contribution >= 4 is 22.2 Å². The minimum absolute atomic E-state index is 0.0730. The van der Waals surface area contributed by atoms with E-state index in [0.29, 0.717) is 6.04 Å². The molecule has 25 heavy (non-hydrogen) atoms. The molecule has 0 aliphatic carbocycles. The van der Waals surface area contributed by atoms with Crippen LogP contribution in [-0.2, 0) is 19.4 Å². The van der Waals surface area contributed by atoms with Crippen LogP contribution in [0.5, 0.6) is 0 Å². The van der Waals surface area contributed by atoms with Gasteiger partial charge in [-0.15, -0.1) is 11.3 Å². The summed E-state index contributed by atoms with van der Waals surface area (Å²) in [4.78, 5) is 15.8. The first-order valence-electron chi connectivity index (χ1n) is 9.22. The van der Waals surface area contributed by atoms with E-state index in [4.69, 9.17) is 0 Å². The van der Waals surface area contributed by atoms with Crippen LogP contribution in [0.15, 0.2) is 24.3 Å². The highest BCUT2D eigenvalue weighted by molar-refractivity contribution is 7.16. The van der Waals surface area contributed by atoms with Crippen molar-refractivity contribution < 1.29 is 9.69 Å². The maximum Gasteiger partial charge on any atom is 0.256 e. The number of nitrogens with one attached hydrogen (secondary N) is 3. The van der Waals surface area contributed by atoms with E-state index in [1.807, 2.05) is 0 Å². The van der Waals surface area contributed by atoms with Gasteiger partial charge >= 0.3 is 0 Å². The monoisotopic (exact) mass is 356 g/mol. The normalized spacial score (nSPS) is 22.2. The second-order valence-corrected chi connectivity index (χ2v) is 8.45. The van der Waals surface area contributed by atoms with E-state index in [2.05, 4.69) is 55.7 Å². The molecule has 5 heteroatoms. The SMILES string of the molecule is CCc1ccc([C@@H]2NC(=O)c3c(sc4c3CC[NH+](C(C)C)C4)N2)cc1. The van der Waals surface area contributed by atoms with E-state index < -0.39 is 0 Å². The molecule has 3 N–H and O–H groups in total. The zero-order valence-corrected chi connectivity index (χ0v) is 15.9. The largest absolute Gasteiger partial charge is 0.353 e. The topological polar surface area (TPSA) is 45.6 Å². The summed E-state index contributed by atoms with van der Waals surface area (Å²) >= 11 is 1.78. The predicted octanol–water partition coefficient (Wildman–Crippen LogP) is 2.51. The summed E-state index contributed by atoms with van der Waals surface area (Å²) in [5.41, 5.74) is 4.59. The molecule has 1 aromatic carbocycles. The Bertz CT molecular complexity index is 794. The quantitative estimate of drug-likeness (QED) is 0.791. The third-order valence-electron chi connectivity index (χ3n) is 5.49. The van der Waals surface area contributed by atoms with Gasteiger partial charge in [-0.05, 0) is 37.0 Å². The first kappa shape index (κ1) is 16.6. The van der Waals surface area contributed by atoms with Gasteiger partial charge in [0.05, 0.1) is 23.0 Å². The van der Waals surface area contributed by atoms with E-state index in [0.717, 1.165) is 42.1 Å². The standard InChI is InChI=1S/C20H25N3OS/c1-4-13-5-7-14(8-6-13)18-21-19(24)17-15-9-10-23(12(2)3)11-16(15)25-20(17)22-18/h5-8,12,18,22H,4,9-11H2,1-3H3,(H,21,24)/p+1/t18-/m1/s1. The van der Waals surface area contributed by atoms with Gasteiger partial charge in [-0.1, -0.05) is 31.2 Å². The summed E-state index contributed by atoms with van der Waals surface area (Å²) < 4.78 is 0. The van der Waals surface area contributed by atoms with Gasteiger partial charge in [0.1, 0.15) is 17.7 Å². The van der Waals surface area contributed by atoms with E-state index >= 15 is 0 Å². The van der Waals surface area contributed by atoms with Crippen molar-refractivity contribution in [2.45, 2.75) is 52.4 Å². The van der Waals surface area contributed by atoms with Crippen molar-refractivity contribution in [2.24, 2.45) is 0 Å². The highest BCUT2D eigenvalue weighted by Gasteiger charge is 2.34. The Kier molecular flexibility index (Phi) is 4.29. The third-order valence-corrected chi connectivity index (χ3v) is 6.65. The number of carbonyl (C=O) groups excluding carboxylic acids is 1. The minimum Gasteiger partial charge on any atom is -0.353 e.